The van der Waals surface area contributed by atoms with Crippen LogP contribution in [0.3, 0.4) is 0 Å². The Balaban J connectivity index is 2.89. The van der Waals surface area contributed by atoms with Gasteiger partial charge >= 0.3 is 0 Å². The predicted molar refractivity (Wildman–Crippen MR) is 64.9 cm³/mol. The molecule has 0 aliphatic rings. The molecule has 6 heteroatoms. The van der Waals surface area contributed by atoms with Gasteiger partial charge in [0.15, 0.2) is 0 Å². The van der Waals surface area contributed by atoms with Gasteiger partial charge in [-0.2, -0.15) is 0 Å². The predicted octanol–water partition coefficient (Wildman–Crippen LogP) is 1.36. The van der Waals surface area contributed by atoms with Crippen molar-refractivity contribution < 1.29 is 8.42 Å². The second kappa shape index (κ2) is 5.63. The van der Waals surface area contributed by atoms with Crippen LogP contribution in [0, 0.1) is 0 Å². The van der Waals surface area contributed by atoms with Crippen LogP contribution in [0.25, 0.3) is 0 Å². The number of hydrogen-bond donors (Lipinski definition) is 2. The Morgan fingerprint density at radius 1 is 1.38 bits per heavy atom. The van der Waals surface area contributed by atoms with E-state index in [1.54, 1.807) is 12.1 Å². The van der Waals surface area contributed by atoms with Gasteiger partial charge in [0.1, 0.15) is 0 Å². The number of halogens is 1. The van der Waals surface area contributed by atoms with Crippen molar-refractivity contribution in [1.29, 1.82) is 0 Å². The van der Waals surface area contributed by atoms with E-state index >= 15 is 0 Å². The number of nitrogens with two attached hydrogens (primary N) is 1. The molecule has 0 aromatic heterocycles. The van der Waals surface area contributed by atoms with Gasteiger partial charge in [0.2, 0.25) is 10.0 Å². The number of hydrogen-bond acceptors (Lipinski definition) is 3. The molecule has 0 spiro atoms. The highest BCUT2D eigenvalue weighted by Crippen LogP contribution is 2.14. The van der Waals surface area contributed by atoms with Crippen molar-refractivity contribution in [3.8, 4) is 0 Å². The fraction of sp³-hybridized carbons (Fsp3) is 0.400. The molecule has 1 rings (SSSR count). The summed E-state index contributed by atoms with van der Waals surface area (Å²) in [4.78, 5) is 0.198. The van der Waals surface area contributed by atoms with Gasteiger partial charge in [0, 0.05) is 17.6 Å². The smallest absolute Gasteiger partial charge is 0.240 e. The van der Waals surface area contributed by atoms with Crippen molar-refractivity contribution in [3.63, 3.8) is 0 Å². The molecule has 3 N–H and O–H groups in total. The van der Waals surface area contributed by atoms with Crippen LogP contribution in [0.4, 0.5) is 0 Å². The Morgan fingerprint density at radius 2 is 1.94 bits per heavy atom. The molecule has 1 unspecified atom stereocenters. The highest BCUT2D eigenvalue weighted by Gasteiger charge is 2.17. The molecule has 0 aliphatic heterocycles. The third kappa shape index (κ3) is 3.45. The Labute approximate surface area is 101 Å². The molecule has 0 radical (unpaired) electrons. The summed E-state index contributed by atoms with van der Waals surface area (Å²) in [7, 11) is -3.49. The minimum absolute atomic E-state index is 0.198. The Morgan fingerprint density at radius 3 is 2.38 bits per heavy atom. The van der Waals surface area contributed by atoms with Gasteiger partial charge in [-0.25, -0.2) is 13.1 Å². The first-order chi connectivity index (χ1) is 7.49. The van der Waals surface area contributed by atoms with E-state index < -0.39 is 10.0 Å². The maximum Gasteiger partial charge on any atom is 0.240 e. The molecule has 0 bridgehead atoms. The number of benzene rings is 1. The average molecular weight is 263 g/mol. The minimum Gasteiger partial charge on any atom is -0.329 e. The molecule has 0 saturated carbocycles. The number of rotatable bonds is 5. The van der Waals surface area contributed by atoms with Crippen LogP contribution in [0.2, 0.25) is 5.02 Å². The quantitative estimate of drug-likeness (QED) is 0.842. The first-order valence-corrected chi connectivity index (χ1v) is 6.83. The van der Waals surface area contributed by atoms with Gasteiger partial charge in [-0.1, -0.05) is 18.5 Å². The molecule has 0 saturated heterocycles. The van der Waals surface area contributed by atoms with Crippen LogP contribution >= 0.6 is 11.6 Å². The average Bonchev–Trinajstić information content (AvgIpc) is 2.26. The van der Waals surface area contributed by atoms with Crippen molar-refractivity contribution in [2.24, 2.45) is 5.73 Å². The van der Waals surface area contributed by atoms with Crippen LogP contribution in [-0.2, 0) is 10.0 Å². The summed E-state index contributed by atoms with van der Waals surface area (Å²) < 4.78 is 26.3. The molecule has 16 heavy (non-hydrogen) atoms. The Bertz CT molecular complexity index is 427. The summed E-state index contributed by atoms with van der Waals surface area (Å²) in [5.74, 6) is 0. The van der Waals surface area contributed by atoms with Crippen molar-refractivity contribution >= 4 is 21.6 Å². The van der Waals surface area contributed by atoms with Gasteiger partial charge in [-0.15, -0.1) is 0 Å². The molecule has 1 atom stereocenters. The molecular weight excluding hydrogens is 248 g/mol. The summed E-state index contributed by atoms with van der Waals surface area (Å²) in [5.41, 5.74) is 5.44. The molecule has 90 valence electrons. The summed E-state index contributed by atoms with van der Waals surface area (Å²) in [6, 6.07) is 5.78. The zero-order valence-electron chi connectivity index (χ0n) is 8.98. The maximum atomic E-state index is 11.9. The molecule has 0 fully saturated rings. The van der Waals surface area contributed by atoms with E-state index in [0.717, 1.165) is 0 Å². The lowest BCUT2D eigenvalue weighted by Crippen LogP contribution is -2.39. The molecule has 1 aromatic rings. The highest BCUT2D eigenvalue weighted by atomic mass is 35.5. The summed E-state index contributed by atoms with van der Waals surface area (Å²) in [6.45, 7) is 2.16. The largest absolute Gasteiger partial charge is 0.329 e. The minimum atomic E-state index is -3.49. The van der Waals surface area contributed by atoms with Crippen LogP contribution < -0.4 is 10.5 Å². The second-order valence-corrected chi connectivity index (χ2v) is 5.57. The zero-order chi connectivity index (χ0) is 12.2. The van der Waals surface area contributed by atoms with E-state index in [9.17, 15) is 8.42 Å². The third-order valence-corrected chi connectivity index (χ3v) is 4.01. The van der Waals surface area contributed by atoms with E-state index in [4.69, 9.17) is 17.3 Å². The Hall–Kier alpha value is -0.620. The lowest BCUT2D eigenvalue weighted by molar-refractivity contribution is 0.542. The first-order valence-electron chi connectivity index (χ1n) is 4.97. The van der Waals surface area contributed by atoms with Crippen molar-refractivity contribution in [2.45, 2.75) is 24.3 Å². The Kier molecular flexibility index (Phi) is 4.73. The lowest BCUT2D eigenvalue weighted by Gasteiger charge is -2.14. The summed E-state index contributed by atoms with van der Waals surface area (Å²) in [5, 5.41) is 0.504. The second-order valence-electron chi connectivity index (χ2n) is 3.42. The normalized spacial score (nSPS) is 13.7. The fourth-order valence-electron chi connectivity index (χ4n) is 1.20. The zero-order valence-corrected chi connectivity index (χ0v) is 10.6. The maximum absolute atomic E-state index is 11.9. The van der Waals surface area contributed by atoms with Gasteiger partial charge in [0.25, 0.3) is 0 Å². The van der Waals surface area contributed by atoms with Gasteiger partial charge in [0.05, 0.1) is 4.90 Å². The molecular formula is C10H15ClN2O2S. The SMILES string of the molecule is CCC(CN)NS(=O)(=O)c1ccc(Cl)cc1. The van der Waals surface area contributed by atoms with Crippen LogP contribution in [-0.4, -0.2) is 21.0 Å². The van der Waals surface area contributed by atoms with Crippen molar-refractivity contribution in [2.75, 3.05) is 6.54 Å². The molecule has 1 aromatic carbocycles. The van der Waals surface area contributed by atoms with Crippen LogP contribution in [0.1, 0.15) is 13.3 Å². The van der Waals surface area contributed by atoms with E-state index in [0.29, 0.717) is 11.4 Å². The van der Waals surface area contributed by atoms with E-state index in [2.05, 4.69) is 4.72 Å². The number of nitrogens with one attached hydrogen (secondary N) is 1. The molecule has 0 aliphatic carbocycles. The molecule has 0 amide bonds. The summed E-state index contributed by atoms with van der Waals surface area (Å²) in [6.07, 6.45) is 0.656. The van der Waals surface area contributed by atoms with Crippen LogP contribution in [0.5, 0.6) is 0 Å². The lowest BCUT2D eigenvalue weighted by atomic mass is 10.2. The monoisotopic (exact) mass is 262 g/mol. The van der Waals surface area contributed by atoms with Gasteiger partial charge < -0.3 is 5.73 Å². The molecule has 0 heterocycles. The summed E-state index contributed by atoms with van der Waals surface area (Å²) >= 11 is 5.69. The number of sulfonamides is 1. The van der Waals surface area contributed by atoms with Gasteiger partial charge in [-0.05, 0) is 30.7 Å². The molecule has 4 nitrogen and oxygen atoms in total. The van der Waals surface area contributed by atoms with Gasteiger partial charge in [-0.3, -0.25) is 0 Å². The standard InChI is InChI=1S/C10H15ClN2O2S/c1-2-9(7-12)13-16(14,15)10-5-3-8(11)4-6-10/h3-6,9,13H,2,7,12H2,1H3. The van der Waals surface area contributed by atoms with Crippen molar-refractivity contribution in [1.82, 2.24) is 4.72 Å². The van der Waals surface area contributed by atoms with Crippen molar-refractivity contribution in [3.05, 3.63) is 29.3 Å². The van der Waals surface area contributed by atoms with E-state index in [1.165, 1.54) is 12.1 Å². The van der Waals surface area contributed by atoms with E-state index in [1.807, 2.05) is 6.92 Å². The third-order valence-electron chi connectivity index (χ3n) is 2.22. The van der Waals surface area contributed by atoms with E-state index in [-0.39, 0.29) is 17.5 Å². The van der Waals surface area contributed by atoms with Crippen LogP contribution in [0.15, 0.2) is 29.2 Å². The topological polar surface area (TPSA) is 72.2 Å². The highest BCUT2D eigenvalue weighted by molar-refractivity contribution is 7.89. The fourth-order valence-corrected chi connectivity index (χ4v) is 2.66. The first kappa shape index (κ1) is 13.4.